The molecule has 0 radical (unpaired) electrons. The molecule has 0 aliphatic carbocycles. The van der Waals surface area contributed by atoms with Crippen molar-refractivity contribution < 1.29 is 4.74 Å². The van der Waals surface area contributed by atoms with Crippen molar-refractivity contribution >= 4 is 0 Å². The van der Waals surface area contributed by atoms with Crippen LogP contribution in [0.3, 0.4) is 0 Å². The summed E-state index contributed by atoms with van der Waals surface area (Å²) in [4.78, 5) is 0. The Balaban J connectivity index is 1.81. The van der Waals surface area contributed by atoms with Crippen LogP contribution in [0.15, 0.2) is 18.2 Å². The third-order valence-electron chi connectivity index (χ3n) is 3.09. The zero-order valence-corrected chi connectivity index (χ0v) is 10.0. The minimum absolute atomic E-state index is 0.819. The van der Waals surface area contributed by atoms with Crippen LogP contribution in [0.25, 0.3) is 0 Å². The molecular weight excluding hydrogens is 200 g/mol. The summed E-state index contributed by atoms with van der Waals surface area (Å²) >= 11 is 0. The molecule has 3 nitrogen and oxygen atoms in total. The van der Waals surface area contributed by atoms with E-state index in [1.165, 1.54) is 11.1 Å². The summed E-state index contributed by atoms with van der Waals surface area (Å²) in [5, 5.41) is 6.77. The quantitative estimate of drug-likeness (QED) is 0.785. The summed E-state index contributed by atoms with van der Waals surface area (Å²) in [6.07, 6.45) is 0. The summed E-state index contributed by atoms with van der Waals surface area (Å²) in [5.74, 6) is 1.78. The number of nitrogens with one attached hydrogen (secondary N) is 2. The second-order valence-electron chi connectivity index (χ2n) is 4.46. The van der Waals surface area contributed by atoms with Gasteiger partial charge < -0.3 is 15.4 Å². The molecule has 1 aromatic rings. The molecule has 1 fully saturated rings. The maximum Gasteiger partial charge on any atom is 0.121 e. The van der Waals surface area contributed by atoms with E-state index < -0.39 is 0 Å². The Kier molecular flexibility index (Phi) is 3.80. The highest BCUT2D eigenvalue weighted by Gasteiger charge is 2.15. The van der Waals surface area contributed by atoms with Gasteiger partial charge in [-0.3, -0.25) is 0 Å². The molecule has 3 heteroatoms. The fourth-order valence-corrected chi connectivity index (χ4v) is 1.96. The molecule has 0 spiro atoms. The molecule has 1 heterocycles. The zero-order valence-electron chi connectivity index (χ0n) is 10.0. The number of ether oxygens (including phenoxy) is 1. The fourth-order valence-electron chi connectivity index (χ4n) is 1.96. The second kappa shape index (κ2) is 5.32. The first kappa shape index (κ1) is 11.4. The van der Waals surface area contributed by atoms with Gasteiger partial charge in [0.15, 0.2) is 0 Å². The van der Waals surface area contributed by atoms with Crippen LogP contribution in [0, 0.1) is 12.8 Å². The summed E-state index contributed by atoms with van der Waals surface area (Å²) in [7, 11) is 1.71. The lowest BCUT2D eigenvalue weighted by atomic mass is 10.0. The number of rotatable bonds is 5. The van der Waals surface area contributed by atoms with Crippen LogP contribution in [0.2, 0.25) is 0 Å². The molecule has 1 aliphatic heterocycles. The Labute approximate surface area is 97.2 Å². The molecule has 0 atom stereocenters. The lowest BCUT2D eigenvalue weighted by Crippen LogP contribution is -2.47. The first-order valence-corrected chi connectivity index (χ1v) is 5.84. The van der Waals surface area contributed by atoms with Gasteiger partial charge in [-0.15, -0.1) is 0 Å². The molecule has 16 heavy (non-hydrogen) atoms. The lowest BCUT2D eigenvalue weighted by molar-refractivity contribution is 0.331. The zero-order chi connectivity index (χ0) is 11.4. The molecule has 0 aromatic heterocycles. The van der Waals surface area contributed by atoms with Crippen molar-refractivity contribution in [2.45, 2.75) is 13.5 Å². The van der Waals surface area contributed by atoms with Crippen molar-refractivity contribution in [2.75, 3.05) is 26.7 Å². The smallest absolute Gasteiger partial charge is 0.121 e. The second-order valence-corrected chi connectivity index (χ2v) is 4.46. The van der Waals surface area contributed by atoms with Crippen molar-refractivity contribution in [3.63, 3.8) is 0 Å². The minimum atomic E-state index is 0.819. The van der Waals surface area contributed by atoms with Crippen LogP contribution in [0.1, 0.15) is 11.1 Å². The van der Waals surface area contributed by atoms with E-state index in [4.69, 9.17) is 4.74 Å². The van der Waals surface area contributed by atoms with E-state index in [1.54, 1.807) is 7.11 Å². The Bertz CT molecular complexity index is 348. The normalized spacial score (nSPS) is 15.9. The Morgan fingerprint density at radius 3 is 2.81 bits per heavy atom. The molecule has 2 N–H and O–H groups in total. The highest BCUT2D eigenvalue weighted by Crippen LogP contribution is 2.18. The summed E-state index contributed by atoms with van der Waals surface area (Å²) < 4.78 is 5.24. The van der Waals surface area contributed by atoms with Gasteiger partial charge >= 0.3 is 0 Å². The minimum Gasteiger partial charge on any atom is -0.496 e. The van der Waals surface area contributed by atoms with E-state index in [-0.39, 0.29) is 0 Å². The average Bonchev–Trinajstić information content (AvgIpc) is 2.22. The molecule has 0 unspecified atom stereocenters. The molecule has 0 saturated carbocycles. The molecule has 88 valence electrons. The third-order valence-corrected chi connectivity index (χ3v) is 3.09. The molecule has 1 aromatic carbocycles. The van der Waals surface area contributed by atoms with E-state index in [1.807, 2.05) is 6.07 Å². The standard InChI is InChI=1S/C13H20N2O/c1-10-5-11(3-4-13(10)16-2)6-14-7-12-8-15-9-12/h3-5,12,14-15H,6-9H2,1-2H3. The number of benzene rings is 1. The van der Waals surface area contributed by atoms with Crippen LogP contribution in [-0.4, -0.2) is 26.7 Å². The molecule has 1 aliphatic rings. The third kappa shape index (κ3) is 2.74. The highest BCUT2D eigenvalue weighted by atomic mass is 16.5. The SMILES string of the molecule is COc1ccc(CNCC2CNC2)cc1C. The molecule has 0 amide bonds. The van der Waals surface area contributed by atoms with Crippen molar-refractivity contribution in [3.05, 3.63) is 29.3 Å². The number of methoxy groups -OCH3 is 1. The van der Waals surface area contributed by atoms with E-state index in [9.17, 15) is 0 Å². The van der Waals surface area contributed by atoms with E-state index in [0.29, 0.717) is 0 Å². The van der Waals surface area contributed by atoms with Crippen LogP contribution in [-0.2, 0) is 6.54 Å². The first-order valence-electron chi connectivity index (χ1n) is 5.84. The maximum atomic E-state index is 5.24. The van der Waals surface area contributed by atoms with Gasteiger partial charge in [0.1, 0.15) is 5.75 Å². The van der Waals surface area contributed by atoms with Gasteiger partial charge in [-0.1, -0.05) is 12.1 Å². The van der Waals surface area contributed by atoms with Gasteiger partial charge in [0.05, 0.1) is 7.11 Å². The number of hydrogen-bond donors (Lipinski definition) is 2. The van der Waals surface area contributed by atoms with Crippen LogP contribution in [0.5, 0.6) is 5.75 Å². The van der Waals surface area contributed by atoms with Gasteiger partial charge in [-0.05, 0) is 30.0 Å². The average molecular weight is 220 g/mol. The number of aryl methyl sites for hydroxylation is 1. The van der Waals surface area contributed by atoms with Crippen molar-refractivity contribution in [1.29, 1.82) is 0 Å². The van der Waals surface area contributed by atoms with Crippen molar-refractivity contribution in [3.8, 4) is 5.75 Å². The highest BCUT2D eigenvalue weighted by molar-refractivity contribution is 5.36. The predicted octanol–water partition coefficient (Wildman–Crippen LogP) is 1.31. The van der Waals surface area contributed by atoms with Gasteiger partial charge in [0.2, 0.25) is 0 Å². The molecular formula is C13H20N2O. The lowest BCUT2D eigenvalue weighted by Gasteiger charge is -2.27. The summed E-state index contributed by atoms with van der Waals surface area (Å²) in [6, 6.07) is 6.35. The topological polar surface area (TPSA) is 33.3 Å². The van der Waals surface area contributed by atoms with Gasteiger partial charge in [0, 0.05) is 26.2 Å². The van der Waals surface area contributed by atoms with Crippen molar-refractivity contribution in [1.82, 2.24) is 10.6 Å². The summed E-state index contributed by atoms with van der Waals surface area (Å²) in [6.45, 7) is 6.46. The van der Waals surface area contributed by atoms with E-state index in [2.05, 4.69) is 29.7 Å². The van der Waals surface area contributed by atoms with Crippen LogP contribution < -0.4 is 15.4 Å². The van der Waals surface area contributed by atoms with E-state index >= 15 is 0 Å². The summed E-state index contributed by atoms with van der Waals surface area (Å²) in [5.41, 5.74) is 2.53. The largest absolute Gasteiger partial charge is 0.496 e. The van der Waals surface area contributed by atoms with E-state index in [0.717, 1.165) is 37.8 Å². The van der Waals surface area contributed by atoms with Gasteiger partial charge in [-0.2, -0.15) is 0 Å². The maximum absolute atomic E-state index is 5.24. The Morgan fingerprint density at radius 1 is 1.44 bits per heavy atom. The first-order chi connectivity index (χ1) is 7.79. The number of hydrogen-bond acceptors (Lipinski definition) is 3. The Hall–Kier alpha value is -1.06. The monoisotopic (exact) mass is 220 g/mol. The molecule has 1 saturated heterocycles. The fraction of sp³-hybridized carbons (Fsp3) is 0.538. The predicted molar refractivity (Wildman–Crippen MR) is 65.8 cm³/mol. The van der Waals surface area contributed by atoms with Crippen LogP contribution in [0.4, 0.5) is 0 Å². The Morgan fingerprint density at radius 2 is 2.25 bits per heavy atom. The molecule has 0 bridgehead atoms. The molecule has 2 rings (SSSR count). The van der Waals surface area contributed by atoms with Crippen LogP contribution >= 0.6 is 0 Å². The van der Waals surface area contributed by atoms with Crippen molar-refractivity contribution in [2.24, 2.45) is 5.92 Å². The van der Waals surface area contributed by atoms with Gasteiger partial charge in [0.25, 0.3) is 0 Å². The van der Waals surface area contributed by atoms with Gasteiger partial charge in [-0.25, -0.2) is 0 Å².